The van der Waals surface area contributed by atoms with Crippen LogP contribution in [0, 0.1) is 17.3 Å². The molecule has 0 saturated carbocycles. The van der Waals surface area contributed by atoms with Gasteiger partial charge in [-0.15, -0.1) is 4.13 Å². The van der Waals surface area contributed by atoms with Gasteiger partial charge in [-0.05, 0) is 106 Å². The summed E-state index contributed by atoms with van der Waals surface area (Å²) in [5, 5.41) is 9.75. The number of alkyl halides is 3. The Hall–Kier alpha value is -4.51. The molecule has 0 saturated heterocycles. The van der Waals surface area contributed by atoms with E-state index in [1.165, 1.54) is 50.2 Å². The molecule has 0 radical (unpaired) electrons. The summed E-state index contributed by atoms with van der Waals surface area (Å²) in [5.41, 5.74) is -6.82. The van der Waals surface area contributed by atoms with Gasteiger partial charge in [0.15, 0.2) is 0 Å². The number of sulfonamides is 4. The zero-order chi connectivity index (χ0) is 52.8. The fraction of sp³-hybridized carbons (Fsp3) is 0.571. The molecule has 0 amide bonds. The minimum Gasteiger partial charge on any atom is -0.481 e. The fourth-order valence-corrected chi connectivity index (χ4v) is 11.6. The molecule has 69 heavy (non-hydrogen) atoms. The van der Waals surface area contributed by atoms with Crippen molar-refractivity contribution in [2.24, 2.45) is 17.3 Å². The van der Waals surface area contributed by atoms with E-state index in [1.54, 1.807) is 31.8 Å². The molecule has 4 unspecified atom stereocenters. The van der Waals surface area contributed by atoms with Crippen LogP contribution in [-0.2, 0) is 83.0 Å². The number of benzene rings is 2. The minimum atomic E-state index is -6.21. The predicted octanol–water partition coefficient (Wildman–Crippen LogP) is 4.49. The van der Waals surface area contributed by atoms with E-state index in [-0.39, 0.29) is 82.6 Å². The average molecular weight is 1070 g/mol. The van der Waals surface area contributed by atoms with E-state index in [4.69, 9.17) is 23.7 Å². The molecule has 0 aliphatic carbocycles. The topological polar surface area (TPSA) is 295 Å². The van der Waals surface area contributed by atoms with Crippen LogP contribution in [0.4, 0.5) is 13.2 Å². The zero-order valence-electron chi connectivity index (χ0n) is 38.9. The van der Waals surface area contributed by atoms with E-state index in [1.807, 2.05) is 0 Å². The lowest BCUT2D eigenvalue weighted by Gasteiger charge is -2.28. The third kappa shape index (κ3) is 20.4. The molecule has 3 N–H and O–H groups in total. The summed E-state index contributed by atoms with van der Waals surface area (Å²) in [6.45, 7) is 12.9. The quantitative estimate of drug-likeness (QED) is 0.0308. The summed E-state index contributed by atoms with van der Waals surface area (Å²) in [7, 11) is -19.8. The Bertz CT molecular complexity index is 2550. The van der Waals surface area contributed by atoms with Crippen LogP contribution >= 0.6 is 0 Å². The van der Waals surface area contributed by atoms with Gasteiger partial charge < -0.3 is 28.8 Å². The molecule has 27 heteroatoms. The van der Waals surface area contributed by atoms with Gasteiger partial charge in [0, 0.05) is 0 Å². The average Bonchev–Trinajstić information content (AvgIpc) is 3.21. The lowest BCUT2D eigenvalue weighted by Crippen LogP contribution is -2.40. The lowest BCUT2D eigenvalue weighted by molar-refractivity contribution is -0.156. The van der Waals surface area contributed by atoms with Gasteiger partial charge >= 0.3 is 33.4 Å². The van der Waals surface area contributed by atoms with Crippen LogP contribution in [0.25, 0.3) is 0 Å². The Morgan fingerprint density at radius 1 is 0.681 bits per heavy atom. The highest BCUT2D eigenvalue weighted by atomic mass is 32.3. The van der Waals surface area contributed by atoms with Gasteiger partial charge in [-0.2, -0.15) is 13.2 Å². The van der Waals surface area contributed by atoms with Gasteiger partial charge in [0.1, 0.15) is 18.8 Å². The number of carboxylic acids is 1. The number of carbonyl (C=O) groups is 4. The maximum Gasteiger partial charge on any atom is 0.512 e. The smallest absolute Gasteiger partial charge is 0.481 e. The summed E-state index contributed by atoms with van der Waals surface area (Å²) in [6, 6.07) is 9.64. The van der Waals surface area contributed by atoms with Crippen LogP contribution < -0.4 is 8.25 Å². The number of halogens is 3. The molecule has 0 aliphatic rings. The highest BCUT2D eigenvalue weighted by molar-refractivity contribution is 8.05. The molecule has 0 spiro atoms. The molecule has 0 aliphatic heterocycles. The number of rotatable bonds is 31. The number of nitrogens with one attached hydrogen (secondary N) is 2. The molecule has 390 valence electrons. The number of hydrogen-bond donors (Lipinski definition) is 3. The number of carboxylic acid groups (broad SMARTS) is 1. The summed E-state index contributed by atoms with van der Waals surface area (Å²) >= 11 is 0. The van der Waals surface area contributed by atoms with Gasteiger partial charge in [0.25, 0.3) is 26.5 Å². The molecule has 20 nitrogen and oxygen atoms in total. The molecule has 0 bridgehead atoms. The van der Waals surface area contributed by atoms with Gasteiger partial charge in [-0.25, -0.2) is 33.7 Å². The summed E-state index contributed by atoms with van der Waals surface area (Å²) in [4.78, 5) is 48.5. The molecule has 2 aromatic carbocycles. The lowest BCUT2D eigenvalue weighted by atomic mass is 9.78. The van der Waals surface area contributed by atoms with Crippen molar-refractivity contribution in [1.29, 1.82) is 0 Å². The van der Waals surface area contributed by atoms with E-state index in [2.05, 4.69) is 6.58 Å². The largest absolute Gasteiger partial charge is 0.512 e. The fourth-order valence-electron chi connectivity index (χ4n) is 6.68. The van der Waals surface area contributed by atoms with Crippen molar-refractivity contribution in [3.63, 3.8) is 0 Å². The standard InChI is InChI=1S/C42H59F3N2O18S4/c1-28(25-61-17-19-63-37(49)33(23-40(4,5)39(51)52)21-29(2)31-9-13-35(14-10-31)67(55,56)46-66(8,53)54)26-62-18-20-64-38(50)34(24-41(6,7)65-27-48)22-30(3)32-11-15-36(16-12-32)68(57,58)47-69(59,60)42(43,44)45/h9-16,27,29-30,33-34,46-47H,1,17-26H2,2-8H3,(H,51,52). The first kappa shape index (κ1) is 60.6. The maximum atomic E-state index is 13.3. The highest BCUT2D eigenvalue weighted by Crippen LogP contribution is 2.35. The maximum absolute atomic E-state index is 13.3. The van der Waals surface area contributed by atoms with Crippen LogP contribution in [0.1, 0.15) is 90.2 Å². The van der Waals surface area contributed by atoms with Crippen molar-refractivity contribution in [3.8, 4) is 0 Å². The zero-order valence-corrected chi connectivity index (χ0v) is 42.2. The monoisotopic (exact) mass is 1060 g/mol. The SMILES string of the molecule is C=C(COCCOC(=O)C(CC(C)c1ccc(S(=O)(=O)NS(=O)(=O)C(F)(F)F)cc1)CC(C)(C)OC=O)COCCOC(=O)C(CC(C)c1ccc(S(=O)(=O)NS(C)(=O)=O)cc1)CC(C)(C)C(=O)O. The molecule has 0 heterocycles. The van der Waals surface area contributed by atoms with Crippen LogP contribution in [0.2, 0.25) is 0 Å². The Balaban J connectivity index is 1.92. The van der Waals surface area contributed by atoms with Crippen LogP contribution in [0.5, 0.6) is 0 Å². The van der Waals surface area contributed by atoms with Crippen molar-refractivity contribution in [3.05, 3.63) is 71.8 Å². The number of carbonyl (C=O) groups excluding carboxylic acids is 3. The van der Waals surface area contributed by atoms with E-state index >= 15 is 0 Å². The molecule has 4 atom stereocenters. The second-order valence-electron chi connectivity index (χ2n) is 17.5. The number of ether oxygens (including phenoxy) is 5. The van der Waals surface area contributed by atoms with E-state index < -0.39 is 97.2 Å². The minimum absolute atomic E-state index is 0.00863. The molecule has 0 aromatic heterocycles. The van der Waals surface area contributed by atoms with E-state index in [0.29, 0.717) is 27.1 Å². The van der Waals surface area contributed by atoms with Gasteiger partial charge in [-0.1, -0.05) is 48.8 Å². The molecular formula is C42H59F3N2O18S4. The first-order valence-corrected chi connectivity index (χ1v) is 27.1. The van der Waals surface area contributed by atoms with Crippen molar-refractivity contribution in [2.75, 3.05) is 45.9 Å². The van der Waals surface area contributed by atoms with Crippen molar-refractivity contribution in [2.45, 2.75) is 100.0 Å². The Morgan fingerprint density at radius 2 is 1.07 bits per heavy atom. The number of esters is 2. The molecule has 0 fully saturated rings. The van der Waals surface area contributed by atoms with Crippen LogP contribution in [0.15, 0.2) is 70.5 Å². The summed E-state index contributed by atoms with van der Waals surface area (Å²) in [6.07, 6.45) is 0.802. The van der Waals surface area contributed by atoms with Crippen molar-refractivity contribution >= 4 is 64.5 Å². The molecule has 2 aromatic rings. The van der Waals surface area contributed by atoms with Crippen LogP contribution in [-0.4, -0.2) is 120 Å². The summed E-state index contributed by atoms with van der Waals surface area (Å²) < 4.78 is 163. The number of hydrogen-bond acceptors (Lipinski definition) is 17. The predicted molar refractivity (Wildman–Crippen MR) is 241 cm³/mol. The normalized spacial score (nSPS) is 14.8. The summed E-state index contributed by atoms with van der Waals surface area (Å²) in [5.74, 6) is -5.19. The first-order valence-electron chi connectivity index (χ1n) is 20.8. The Labute approximate surface area is 400 Å². The number of aliphatic carboxylic acids is 1. The van der Waals surface area contributed by atoms with Crippen LogP contribution in [0.3, 0.4) is 0 Å². The van der Waals surface area contributed by atoms with Gasteiger partial charge in [-0.3, -0.25) is 19.2 Å². The second-order valence-corrected chi connectivity index (χ2v) is 24.8. The van der Waals surface area contributed by atoms with Crippen molar-refractivity contribution < 1.29 is 94.8 Å². The Kier molecular flexibility index (Phi) is 22.0. The Morgan fingerprint density at radius 3 is 1.43 bits per heavy atom. The molecule has 2 rings (SSSR count). The van der Waals surface area contributed by atoms with E-state index in [0.717, 1.165) is 12.1 Å². The second kappa shape index (κ2) is 25.0. The highest BCUT2D eigenvalue weighted by Gasteiger charge is 2.48. The molecular weight excluding hydrogens is 1010 g/mol. The van der Waals surface area contributed by atoms with Gasteiger partial charge in [0.2, 0.25) is 10.0 Å². The third-order valence-corrected chi connectivity index (χ3v) is 16.5. The third-order valence-electron chi connectivity index (χ3n) is 10.2. The van der Waals surface area contributed by atoms with Gasteiger partial charge in [0.05, 0.1) is 59.7 Å². The first-order chi connectivity index (χ1) is 31.5. The van der Waals surface area contributed by atoms with E-state index in [9.17, 15) is 71.1 Å². The van der Waals surface area contributed by atoms with Crippen molar-refractivity contribution in [1.82, 2.24) is 8.25 Å².